The summed E-state index contributed by atoms with van der Waals surface area (Å²) >= 11 is 0. The fourth-order valence-electron chi connectivity index (χ4n) is 2.69. The smallest absolute Gasteiger partial charge is 0.308 e. The van der Waals surface area contributed by atoms with Crippen LogP contribution in [0.1, 0.15) is 30.1 Å². The van der Waals surface area contributed by atoms with E-state index in [9.17, 15) is 19.1 Å². The summed E-state index contributed by atoms with van der Waals surface area (Å²) < 4.78 is 13.5. The van der Waals surface area contributed by atoms with E-state index in [4.69, 9.17) is 5.41 Å². The van der Waals surface area contributed by atoms with E-state index in [2.05, 4.69) is 10.5 Å². The molecule has 1 saturated heterocycles. The van der Waals surface area contributed by atoms with Crippen molar-refractivity contribution < 1.29 is 19.1 Å². The number of amides is 1. The number of rotatable bonds is 5. The summed E-state index contributed by atoms with van der Waals surface area (Å²) in [6.45, 7) is 1.98. The van der Waals surface area contributed by atoms with Gasteiger partial charge < -0.3 is 15.4 Å². The molecule has 0 aliphatic carbocycles. The molecule has 1 aliphatic heterocycles. The van der Waals surface area contributed by atoms with Crippen molar-refractivity contribution in [1.82, 2.24) is 4.90 Å². The lowest BCUT2D eigenvalue weighted by atomic mass is 9.92. The number of halogens is 1. The molecule has 24 heavy (non-hydrogen) atoms. The summed E-state index contributed by atoms with van der Waals surface area (Å²) in [5.74, 6) is -2.43. The lowest BCUT2D eigenvalue weighted by Gasteiger charge is -2.36. The van der Waals surface area contributed by atoms with E-state index in [-0.39, 0.29) is 29.7 Å². The largest absolute Gasteiger partial charge is 0.481 e. The van der Waals surface area contributed by atoms with E-state index < -0.39 is 17.7 Å². The first kappa shape index (κ1) is 17.6. The van der Waals surface area contributed by atoms with E-state index in [0.29, 0.717) is 12.8 Å². The Kier molecular flexibility index (Phi) is 5.62. The fourth-order valence-corrected chi connectivity index (χ4v) is 2.69. The van der Waals surface area contributed by atoms with Crippen LogP contribution in [0, 0.1) is 17.1 Å². The van der Waals surface area contributed by atoms with Crippen LogP contribution in [0.15, 0.2) is 23.3 Å². The van der Waals surface area contributed by atoms with Crippen LogP contribution in [-0.4, -0.2) is 46.9 Å². The van der Waals surface area contributed by atoms with E-state index in [1.54, 1.807) is 0 Å². The second-order valence-electron chi connectivity index (χ2n) is 5.67. The molecule has 8 heteroatoms. The number of carboxylic acids is 1. The van der Waals surface area contributed by atoms with Gasteiger partial charge in [0.25, 0.3) is 5.91 Å². The van der Waals surface area contributed by atoms with Gasteiger partial charge in [-0.05, 0) is 38.0 Å². The first-order chi connectivity index (χ1) is 11.4. The zero-order valence-electron chi connectivity index (χ0n) is 13.2. The number of hydrazone groups is 1. The maximum atomic E-state index is 13.5. The fraction of sp³-hybridized carbons (Fsp3) is 0.375. The van der Waals surface area contributed by atoms with Crippen molar-refractivity contribution >= 4 is 30.0 Å². The lowest BCUT2D eigenvalue weighted by molar-refractivity contribution is -0.143. The van der Waals surface area contributed by atoms with E-state index in [0.717, 1.165) is 18.5 Å². The first-order valence-electron chi connectivity index (χ1n) is 7.55. The Morgan fingerprint density at radius 2 is 2.21 bits per heavy atom. The molecule has 0 bridgehead atoms. The minimum atomic E-state index is -0.923. The Morgan fingerprint density at radius 3 is 2.88 bits per heavy atom. The van der Waals surface area contributed by atoms with Crippen molar-refractivity contribution in [2.24, 2.45) is 11.0 Å². The molecule has 1 heterocycles. The van der Waals surface area contributed by atoms with Crippen LogP contribution in [0.3, 0.4) is 0 Å². The van der Waals surface area contributed by atoms with Crippen molar-refractivity contribution in [3.05, 3.63) is 29.6 Å². The first-order valence-corrected chi connectivity index (χ1v) is 7.55. The predicted molar refractivity (Wildman–Crippen MR) is 88.2 cm³/mol. The number of aliphatic carboxylic acids is 1. The monoisotopic (exact) mass is 334 g/mol. The number of hydrogen-bond acceptors (Lipinski definition) is 5. The Labute approximate surface area is 138 Å². The van der Waals surface area contributed by atoms with Gasteiger partial charge in [0.1, 0.15) is 5.82 Å². The quantitative estimate of drug-likeness (QED) is 0.567. The maximum Gasteiger partial charge on any atom is 0.308 e. The molecule has 0 spiro atoms. The summed E-state index contributed by atoms with van der Waals surface area (Å²) in [6, 6.07) is 3.55. The van der Waals surface area contributed by atoms with Crippen LogP contribution >= 0.6 is 0 Å². The number of carbonyl (C=O) groups excluding carboxylic acids is 1. The molecule has 7 nitrogen and oxygen atoms in total. The predicted octanol–water partition coefficient (Wildman–Crippen LogP) is 2.20. The molecule has 1 aromatic carbocycles. The van der Waals surface area contributed by atoms with Gasteiger partial charge in [0.15, 0.2) is 0 Å². The third-order valence-electron chi connectivity index (χ3n) is 4.04. The molecule has 3 N–H and O–H groups in total. The van der Waals surface area contributed by atoms with Gasteiger partial charge in [-0.15, -0.1) is 0 Å². The molecular formula is C16H19FN4O3. The van der Waals surface area contributed by atoms with Gasteiger partial charge in [-0.25, -0.2) is 4.39 Å². The van der Waals surface area contributed by atoms with Crippen LogP contribution < -0.4 is 5.43 Å². The van der Waals surface area contributed by atoms with Gasteiger partial charge in [0.05, 0.1) is 23.4 Å². The van der Waals surface area contributed by atoms with Crippen LogP contribution in [0.2, 0.25) is 0 Å². The molecule has 0 unspecified atom stereocenters. The number of hydrogen-bond donors (Lipinski definition) is 3. The molecule has 1 aliphatic rings. The normalized spacial score (nSPS) is 20.8. The van der Waals surface area contributed by atoms with Gasteiger partial charge in [-0.1, -0.05) is 0 Å². The van der Waals surface area contributed by atoms with Crippen LogP contribution in [0.4, 0.5) is 10.1 Å². The van der Waals surface area contributed by atoms with Gasteiger partial charge in [0, 0.05) is 18.8 Å². The molecule has 0 aromatic heterocycles. The standard InChI is InChI=1S/C16H19FN4O3/c1-10-2-3-11(16(23)24)9-21(10)15(22)13-5-4-12(17)8-14(13)20-19-7-6-18/h4-8,10-11,18,20H,2-3,9H2,1H3,(H,23,24)/b18-6?,19-7-/t10-,11-/m1/s1. The third-order valence-corrected chi connectivity index (χ3v) is 4.04. The van der Waals surface area contributed by atoms with Gasteiger partial charge in [-0.2, -0.15) is 5.10 Å². The highest BCUT2D eigenvalue weighted by Crippen LogP contribution is 2.26. The topological polar surface area (TPSA) is 106 Å². The van der Waals surface area contributed by atoms with E-state index in [1.807, 2.05) is 6.92 Å². The minimum absolute atomic E-state index is 0.101. The minimum Gasteiger partial charge on any atom is -0.481 e. The lowest BCUT2D eigenvalue weighted by Crippen LogP contribution is -2.47. The number of piperidine rings is 1. The summed E-state index contributed by atoms with van der Waals surface area (Å²) in [4.78, 5) is 25.5. The highest BCUT2D eigenvalue weighted by atomic mass is 19.1. The summed E-state index contributed by atoms with van der Waals surface area (Å²) in [7, 11) is 0. The number of benzene rings is 1. The van der Waals surface area contributed by atoms with Crippen molar-refractivity contribution in [2.45, 2.75) is 25.8 Å². The number of nitrogens with zero attached hydrogens (tertiary/aromatic N) is 2. The summed E-state index contributed by atoms with van der Waals surface area (Å²) in [6.07, 6.45) is 3.22. The van der Waals surface area contributed by atoms with Crippen LogP contribution in [-0.2, 0) is 4.79 Å². The Hall–Kier alpha value is -2.77. The highest BCUT2D eigenvalue weighted by Gasteiger charge is 2.33. The Morgan fingerprint density at radius 1 is 1.46 bits per heavy atom. The Balaban J connectivity index is 2.28. The number of carbonyl (C=O) groups is 2. The average molecular weight is 334 g/mol. The number of anilines is 1. The zero-order valence-corrected chi connectivity index (χ0v) is 13.2. The van der Waals surface area contributed by atoms with E-state index >= 15 is 0 Å². The third kappa shape index (κ3) is 3.95. The molecule has 128 valence electrons. The zero-order chi connectivity index (χ0) is 17.7. The number of carboxylic acid groups (broad SMARTS) is 1. The summed E-state index contributed by atoms with van der Waals surface area (Å²) in [5.41, 5.74) is 2.91. The van der Waals surface area contributed by atoms with Gasteiger partial charge in [-0.3, -0.25) is 15.0 Å². The van der Waals surface area contributed by atoms with Gasteiger partial charge >= 0.3 is 5.97 Å². The SMILES string of the molecule is C[C@@H]1CC[C@@H](C(=O)O)CN1C(=O)c1ccc(F)cc1N/N=C\C=N. The second-order valence-corrected chi connectivity index (χ2v) is 5.67. The maximum absolute atomic E-state index is 13.5. The van der Waals surface area contributed by atoms with Crippen molar-refractivity contribution in [1.29, 1.82) is 5.41 Å². The molecule has 0 radical (unpaired) electrons. The second kappa shape index (κ2) is 7.67. The van der Waals surface area contributed by atoms with Crippen molar-refractivity contribution in [2.75, 3.05) is 12.0 Å². The average Bonchev–Trinajstić information content (AvgIpc) is 2.55. The molecule has 2 rings (SSSR count). The Bertz CT molecular complexity index is 677. The van der Waals surface area contributed by atoms with Crippen molar-refractivity contribution in [3.8, 4) is 0 Å². The molecule has 1 amide bonds. The number of nitrogens with one attached hydrogen (secondary N) is 2. The summed E-state index contributed by atoms with van der Waals surface area (Å²) in [5, 5.41) is 19.8. The molecular weight excluding hydrogens is 315 g/mol. The molecule has 1 fully saturated rings. The highest BCUT2D eigenvalue weighted by molar-refractivity contribution is 6.14. The van der Waals surface area contributed by atoms with Gasteiger partial charge in [0.2, 0.25) is 0 Å². The van der Waals surface area contributed by atoms with E-state index in [1.165, 1.54) is 17.0 Å². The van der Waals surface area contributed by atoms with Crippen molar-refractivity contribution in [3.63, 3.8) is 0 Å². The molecule has 0 saturated carbocycles. The molecule has 2 atom stereocenters. The number of likely N-dealkylation sites (tertiary alicyclic amines) is 1. The van der Waals surface area contributed by atoms with Crippen LogP contribution in [0.25, 0.3) is 0 Å². The van der Waals surface area contributed by atoms with Crippen LogP contribution in [0.5, 0.6) is 0 Å². The molecule has 1 aromatic rings.